The highest BCUT2D eigenvalue weighted by Gasteiger charge is 2.15. The van der Waals surface area contributed by atoms with Crippen LogP contribution in [0.15, 0.2) is 18.2 Å². The Morgan fingerprint density at radius 2 is 2.20 bits per heavy atom. The number of carbonyl (C=O) groups is 1. The fourth-order valence-electron chi connectivity index (χ4n) is 1.61. The molecule has 7 nitrogen and oxygen atoms in total. The number of carbonyl (C=O) groups excluding carboxylic acids is 1. The van der Waals surface area contributed by atoms with E-state index in [-0.39, 0.29) is 24.7 Å². The first kappa shape index (κ1) is 15.9. The molecule has 20 heavy (non-hydrogen) atoms. The second-order valence-corrected chi connectivity index (χ2v) is 4.18. The Hall–Kier alpha value is -2.15. The molecule has 0 fully saturated rings. The highest BCUT2D eigenvalue weighted by atomic mass is 16.6. The van der Waals surface area contributed by atoms with E-state index in [1.807, 2.05) is 0 Å². The molecule has 1 unspecified atom stereocenters. The third-order valence-corrected chi connectivity index (χ3v) is 2.66. The lowest BCUT2D eigenvalue weighted by atomic mass is 10.1. The lowest BCUT2D eigenvalue weighted by molar-refractivity contribution is -0.385. The first-order valence-electron chi connectivity index (χ1n) is 6.11. The number of hydrogen-bond donors (Lipinski definition) is 1. The zero-order chi connectivity index (χ0) is 15.1. The average molecular weight is 283 g/mol. The van der Waals surface area contributed by atoms with Gasteiger partial charge in [0.2, 0.25) is 0 Å². The van der Waals surface area contributed by atoms with Gasteiger partial charge >= 0.3 is 5.97 Å². The van der Waals surface area contributed by atoms with E-state index >= 15 is 0 Å². The van der Waals surface area contributed by atoms with Crippen LogP contribution in [0.4, 0.5) is 5.69 Å². The maximum atomic E-state index is 10.9. The van der Waals surface area contributed by atoms with Crippen LogP contribution in [0.1, 0.15) is 31.4 Å². The van der Waals surface area contributed by atoms with Gasteiger partial charge in [-0.1, -0.05) is 0 Å². The van der Waals surface area contributed by atoms with E-state index in [0.717, 1.165) is 0 Å². The fourth-order valence-corrected chi connectivity index (χ4v) is 1.61. The number of benzene rings is 1. The monoisotopic (exact) mass is 283 g/mol. The molecule has 0 saturated heterocycles. The third kappa shape index (κ3) is 4.51. The van der Waals surface area contributed by atoms with E-state index < -0.39 is 11.0 Å². The summed E-state index contributed by atoms with van der Waals surface area (Å²) in [6.07, 6.45) is -0.193. The van der Waals surface area contributed by atoms with Gasteiger partial charge in [-0.05, 0) is 19.4 Å². The van der Waals surface area contributed by atoms with E-state index in [0.29, 0.717) is 17.7 Å². The van der Waals surface area contributed by atoms with Gasteiger partial charge < -0.3 is 14.6 Å². The molecule has 7 heteroatoms. The molecule has 0 bridgehead atoms. The number of hydrogen-bond acceptors (Lipinski definition) is 6. The van der Waals surface area contributed by atoms with Crippen LogP contribution >= 0.6 is 0 Å². The number of non-ortho nitro benzene ring substituents is 1. The van der Waals surface area contributed by atoms with E-state index in [2.05, 4.69) is 4.74 Å². The van der Waals surface area contributed by atoms with Gasteiger partial charge in [-0.2, -0.15) is 0 Å². The van der Waals surface area contributed by atoms with Crippen molar-refractivity contribution in [1.29, 1.82) is 0 Å². The molecule has 0 heterocycles. The normalized spacial score (nSPS) is 11.8. The summed E-state index contributed by atoms with van der Waals surface area (Å²) in [6.45, 7) is 1.76. The second kappa shape index (κ2) is 7.44. The predicted molar refractivity (Wildman–Crippen MR) is 70.5 cm³/mol. The van der Waals surface area contributed by atoms with Gasteiger partial charge in [0.1, 0.15) is 5.75 Å². The molecule has 1 N–H and O–H groups in total. The summed E-state index contributed by atoms with van der Waals surface area (Å²) in [6, 6.07) is 4.03. The summed E-state index contributed by atoms with van der Waals surface area (Å²) >= 11 is 0. The lowest BCUT2D eigenvalue weighted by Gasteiger charge is -2.13. The number of ether oxygens (including phenoxy) is 2. The largest absolute Gasteiger partial charge is 0.493 e. The molecule has 0 spiro atoms. The standard InChI is InChI=1S/C13H17NO6/c1-9(15)11-8-10(14(17)18)5-6-12(11)20-7-3-4-13(16)19-2/h5-6,8-9,15H,3-4,7H2,1-2H3. The Bertz CT molecular complexity index is 486. The summed E-state index contributed by atoms with van der Waals surface area (Å²) in [5.41, 5.74) is 0.236. The van der Waals surface area contributed by atoms with Gasteiger partial charge in [0, 0.05) is 24.1 Å². The van der Waals surface area contributed by atoms with Crippen LogP contribution in [0.25, 0.3) is 0 Å². The third-order valence-electron chi connectivity index (χ3n) is 2.66. The molecule has 0 aromatic heterocycles. The maximum Gasteiger partial charge on any atom is 0.305 e. The Morgan fingerprint density at radius 1 is 1.50 bits per heavy atom. The predicted octanol–water partition coefficient (Wildman–Crippen LogP) is 1.98. The molecule has 1 aromatic rings. The van der Waals surface area contributed by atoms with Gasteiger partial charge in [0.25, 0.3) is 5.69 Å². The molecule has 0 radical (unpaired) electrons. The molecule has 0 aliphatic carbocycles. The maximum absolute atomic E-state index is 10.9. The Kier molecular flexibility index (Phi) is 5.92. The van der Waals surface area contributed by atoms with Crippen LogP contribution in [-0.4, -0.2) is 29.7 Å². The number of esters is 1. The molecule has 0 amide bonds. The van der Waals surface area contributed by atoms with E-state index in [4.69, 9.17) is 4.74 Å². The van der Waals surface area contributed by atoms with Crippen LogP contribution in [-0.2, 0) is 9.53 Å². The van der Waals surface area contributed by atoms with Crippen molar-refractivity contribution in [3.05, 3.63) is 33.9 Å². The fraction of sp³-hybridized carbons (Fsp3) is 0.462. The molecule has 0 saturated carbocycles. The number of rotatable bonds is 7. The molecular weight excluding hydrogens is 266 g/mol. The first-order valence-corrected chi connectivity index (χ1v) is 6.11. The summed E-state index contributed by atoms with van der Waals surface area (Å²) in [4.78, 5) is 21.1. The van der Waals surface area contributed by atoms with Crippen molar-refractivity contribution >= 4 is 11.7 Å². The summed E-state index contributed by atoms with van der Waals surface area (Å²) in [5.74, 6) is 0.0449. The van der Waals surface area contributed by atoms with Gasteiger partial charge in [-0.25, -0.2) is 0 Å². The van der Waals surface area contributed by atoms with Crippen molar-refractivity contribution in [3.8, 4) is 5.75 Å². The van der Waals surface area contributed by atoms with Crippen LogP contribution in [0.3, 0.4) is 0 Å². The number of aliphatic hydroxyl groups excluding tert-OH is 1. The number of nitro groups is 1. The smallest absolute Gasteiger partial charge is 0.305 e. The van der Waals surface area contributed by atoms with Gasteiger partial charge in [0.15, 0.2) is 0 Å². The molecule has 0 aliphatic rings. The summed E-state index contributed by atoms with van der Waals surface area (Å²) < 4.78 is 9.93. The van der Waals surface area contributed by atoms with Crippen molar-refractivity contribution < 1.29 is 24.3 Å². The number of methoxy groups -OCH3 is 1. The second-order valence-electron chi connectivity index (χ2n) is 4.18. The molecule has 1 aromatic carbocycles. The van der Waals surface area contributed by atoms with Gasteiger partial charge in [-0.3, -0.25) is 14.9 Å². The quantitative estimate of drug-likeness (QED) is 0.355. The number of nitro benzene ring substituents is 1. The molecule has 0 aliphatic heterocycles. The summed E-state index contributed by atoms with van der Waals surface area (Å²) in [5, 5.41) is 20.3. The Labute approximate surface area is 116 Å². The Morgan fingerprint density at radius 3 is 2.75 bits per heavy atom. The van der Waals surface area contributed by atoms with Crippen molar-refractivity contribution in [2.24, 2.45) is 0 Å². The van der Waals surface area contributed by atoms with E-state index in [1.54, 1.807) is 0 Å². The van der Waals surface area contributed by atoms with Crippen LogP contribution in [0, 0.1) is 10.1 Å². The SMILES string of the molecule is COC(=O)CCCOc1ccc([N+](=O)[O-])cc1C(C)O. The first-order chi connectivity index (χ1) is 9.45. The highest BCUT2D eigenvalue weighted by Crippen LogP contribution is 2.29. The van der Waals surface area contributed by atoms with Crippen molar-refractivity contribution in [2.45, 2.75) is 25.9 Å². The average Bonchev–Trinajstić information content (AvgIpc) is 2.42. The minimum atomic E-state index is -0.884. The van der Waals surface area contributed by atoms with Crippen LogP contribution < -0.4 is 4.74 Å². The lowest BCUT2D eigenvalue weighted by Crippen LogP contribution is -2.06. The van der Waals surface area contributed by atoms with Crippen molar-refractivity contribution in [2.75, 3.05) is 13.7 Å². The van der Waals surface area contributed by atoms with E-state index in [9.17, 15) is 20.0 Å². The van der Waals surface area contributed by atoms with Gasteiger partial charge in [0.05, 0.1) is 24.7 Å². The molecule has 1 atom stereocenters. The minimum Gasteiger partial charge on any atom is -0.493 e. The van der Waals surface area contributed by atoms with E-state index in [1.165, 1.54) is 32.2 Å². The Balaban J connectivity index is 2.69. The number of nitrogens with zero attached hydrogens (tertiary/aromatic N) is 1. The summed E-state index contributed by atoms with van der Waals surface area (Å²) in [7, 11) is 1.31. The topological polar surface area (TPSA) is 98.9 Å². The van der Waals surface area contributed by atoms with Crippen LogP contribution in [0.5, 0.6) is 5.75 Å². The molecular formula is C13H17NO6. The van der Waals surface area contributed by atoms with Crippen molar-refractivity contribution in [1.82, 2.24) is 0 Å². The highest BCUT2D eigenvalue weighted by molar-refractivity contribution is 5.69. The zero-order valence-corrected chi connectivity index (χ0v) is 11.4. The van der Waals surface area contributed by atoms with Crippen molar-refractivity contribution in [3.63, 3.8) is 0 Å². The van der Waals surface area contributed by atoms with Crippen LogP contribution in [0.2, 0.25) is 0 Å². The molecule has 1 rings (SSSR count). The number of aliphatic hydroxyl groups is 1. The molecule has 110 valence electrons. The zero-order valence-electron chi connectivity index (χ0n) is 11.4. The van der Waals surface area contributed by atoms with Gasteiger partial charge in [-0.15, -0.1) is 0 Å². The minimum absolute atomic E-state index is 0.109.